The van der Waals surface area contributed by atoms with Gasteiger partial charge < -0.3 is 10.1 Å². The average Bonchev–Trinajstić information content (AvgIpc) is 2.89. The van der Waals surface area contributed by atoms with Gasteiger partial charge in [0.05, 0.1) is 17.1 Å². The highest BCUT2D eigenvalue weighted by Gasteiger charge is 2.18. The number of nitrogens with one attached hydrogen (secondary N) is 1. The summed E-state index contributed by atoms with van der Waals surface area (Å²) < 4.78 is 7.88. The van der Waals surface area contributed by atoms with Crippen molar-refractivity contribution in [1.82, 2.24) is 5.32 Å². The van der Waals surface area contributed by atoms with Crippen LogP contribution in [0.4, 0.5) is 0 Å². The Bertz CT molecular complexity index is 585. The monoisotopic (exact) mass is 431 g/mol. The fourth-order valence-corrected chi connectivity index (χ4v) is 4.32. The molecule has 0 bridgehead atoms. The molecule has 0 spiro atoms. The topological polar surface area (TPSA) is 21.3 Å². The van der Waals surface area contributed by atoms with E-state index in [4.69, 9.17) is 4.74 Å². The lowest BCUT2D eigenvalue weighted by molar-refractivity contribution is 0.315. The lowest BCUT2D eigenvalue weighted by Gasteiger charge is -2.19. The van der Waals surface area contributed by atoms with Crippen LogP contribution in [0.3, 0.4) is 0 Å². The molecule has 1 unspecified atom stereocenters. The fourth-order valence-electron chi connectivity index (χ4n) is 2.10. The molecule has 1 N–H and O–H groups in total. The van der Waals surface area contributed by atoms with Crippen molar-refractivity contribution in [2.75, 3.05) is 13.2 Å². The molecule has 1 atom stereocenters. The van der Waals surface area contributed by atoms with Crippen LogP contribution in [0.2, 0.25) is 0 Å². The smallest absolute Gasteiger partial charge is 0.133 e. The van der Waals surface area contributed by atoms with Crippen molar-refractivity contribution in [3.05, 3.63) is 49.0 Å². The molecule has 21 heavy (non-hydrogen) atoms. The van der Waals surface area contributed by atoms with E-state index in [-0.39, 0.29) is 6.04 Å². The van der Waals surface area contributed by atoms with Crippen LogP contribution in [-0.2, 0) is 0 Å². The molecule has 114 valence electrons. The van der Waals surface area contributed by atoms with Gasteiger partial charge in [-0.05, 0) is 74.0 Å². The van der Waals surface area contributed by atoms with Gasteiger partial charge >= 0.3 is 0 Å². The van der Waals surface area contributed by atoms with Gasteiger partial charge in [0.25, 0.3) is 0 Å². The summed E-state index contributed by atoms with van der Waals surface area (Å²) in [5, 5.41) is 5.66. The Labute approximate surface area is 147 Å². The van der Waals surface area contributed by atoms with Crippen LogP contribution in [0.15, 0.2) is 38.6 Å². The fraction of sp³-hybridized carbons (Fsp3) is 0.375. The largest absolute Gasteiger partial charge is 0.492 e. The SMILES string of the molecule is CCCOc1ccc(C(NCC)c2sccc2Br)cc1Br. The van der Waals surface area contributed by atoms with E-state index in [1.54, 1.807) is 11.3 Å². The lowest BCUT2D eigenvalue weighted by atomic mass is 10.1. The zero-order chi connectivity index (χ0) is 15.2. The minimum absolute atomic E-state index is 0.195. The summed E-state index contributed by atoms with van der Waals surface area (Å²) in [7, 11) is 0. The molecule has 5 heteroatoms. The summed E-state index contributed by atoms with van der Waals surface area (Å²) in [5.41, 5.74) is 1.23. The number of rotatable bonds is 7. The lowest BCUT2D eigenvalue weighted by Crippen LogP contribution is -2.21. The normalized spacial score (nSPS) is 12.4. The number of thiophene rings is 1. The van der Waals surface area contributed by atoms with Crippen LogP contribution in [0.1, 0.15) is 36.8 Å². The molecule has 1 aromatic carbocycles. The summed E-state index contributed by atoms with van der Waals surface area (Å²) in [6.07, 6.45) is 1.01. The maximum atomic E-state index is 5.72. The number of hydrogen-bond donors (Lipinski definition) is 1. The molecule has 0 aliphatic carbocycles. The van der Waals surface area contributed by atoms with Crippen molar-refractivity contribution >= 4 is 43.2 Å². The van der Waals surface area contributed by atoms with E-state index in [2.05, 4.69) is 74.6 Å². The highest BCUT2D eigenvalue weighted by Crippen LogP contribution is 2.36. The first-order valence-corrected chi connectivity index (χ1v) is 9.52. The van der Waals surface area contributed by atoms with Crippen molar-refractivity contribution in [1.29, 1.82) is 0 Å². The molecule has 0 radical (unpaired) electrons. The van der Waals surface area contributed by atoms with E-state index < -0.39 is 0 Å². The molecule has 2 nitrogen and oxygen atoms in total. The second-order valence-electron chi connectivity index (χ2n) is 4.66. The summed E-state index contributed by atoms with van der Waals surface area (Å²) in [5.74, 6) is 0.904. The van der Waals surface area contributed by atoms with Gasteiger partial charge in [0, 0.05) is 9.35 Å². The van der Waals surface area contributed by atoms with E-state index in [0.29, 0.717) is 0 Å². The van der Waals surface area contributed by atoms with E-state index in [1.807, 2.05) is 6.07 Å². The Balaban J connectivity index is 2.29. The van der Waals surface area contributed by atoms with Gasteiger partial charge in [-0.25, -0.2) is 0 Å². The van der Waals surface area contributed by atoms with Gasteiger partial charge in [0.15, 0.2) is 0 Å². The van der Waals surface area contributed by atoms with Crippen LogP contribution in [0, 0.1) is 0 Å². The third-order valence-corrected chi connectivity index (χ3v) is 5.62. The van der Waals surface area contributed by atoms with Crippen molar-refractivity contribution < 1.29 is 4.74 Å². The molecule has 0 fully saturated rings. The molecular weight excluding hydrogens is 414 g/mol. The van der Waals surface area contributed by atoms with Gasteiger partial charge in [0.2, 0.25) is 0 Å². The molecule has 0 amide bonds. The Kier molecular flexibility index (Phi) is 6.74. The van der Waals surface area contributed by atoms with Gasteiger partial charge in [-0.2, -0.15) is 0 Å². The van der Waals surface area contributed by atoms with E-state index >= 15 is 0 Å². The van der Waals surface area contributed by atoms with Crippen molar-refractivity contribution in [3.8, 4) is 5.75 Å². The van der Waals surface area contributed by atoms with Crippen molar-refractivity contribution in [2.45, 2.75) is 26.3 Å². The first kappa shape index (κ1) is 17.0. The Morgan fingerprint density at radius 1 is 1.19 bits per heavy atom. The minimum atomic E-state index is 0.195. The molecule has 0 aliphatic heterocycles. The quantitative estimate of drug-likeness (QED) is 0.600. The molecule has 1 heterocycles. The van der Waals surface area contributed by atoms with E-state index in [1.165, 1.54) is 10.4 Å². The maximum Gasteiger partial charge on any atom is 0.133 e. The van der Waals surface area contributed by atoms with Crippen LogP contribution in [-0.4, -0.2) is 13.2 Å². The number of halogens is 2. The molecule has 2 aromatic rings. The highest BCUT2D eigenvalue weighted by molar-refractivity contribution is 9.10. The van der Waals surface area contributed by atoms with E-state index in [9.17, 15) is 0 Å². The molecule has 0 saturated carbocycles. The predicted octanol–water partition coefficient (Wildman–Crippen LogP) is 5.76. The Morgan fingerprint density at radius 2 is 2.00 bits per heavy atom. The second-order valence-corrected chi connectivity index (χ2v) is 7.32. The summed E-state index contributed by atoms with van der Waals surface area (Å²) in [6.45, 7) is 5.89. The molecule has 2 rings (SSSR count). The summed E-state index contributed by atoms with van der Waals surface area (Å²) in [6, 6.07) is 8.61. The maximum absolute atomic E-state index is 5.72. The zero-order valence-electron chi connectivity index (χ0n) is 12.2. The third-order valence-electron chi connectivity index (χ3n) is 3.07. The minimum Gasteiger partial charge on any atom is -0.492 e. The van der Waals surface area contributed by atoms with Gasteiger partial charge in [-0.15, -0.1) is 11.3 Å². The molecular formula is C16H19Br2NOS. The number of hydrogen-bond acceptors (Lipinski definition) is 3. The van der Waals surface area contributed by atoms with Crippen molar-refractivity contribution in [3.63, 3.8) is 0 Å². The standard InChI is InChI=1S/C16H19Br2NOS/c1-3-8-20-14-6-5-11(10-13(14)18)15(19-4-2)16-12(17)7-9-21-16/h5-7,9-10,15,19H,3-4,8H2,1-2H3. The van der Waals surface area contributed by atoms with Crippen molar-refractivity contribution in [2.24, 2.45) is 0 Å². The Hall–Kier alpha value is -0.360. The van der Waals surface area contributed by atoms with Gasteiger partial charge in [-0.3, -0.25) is 0 Å². The highest BCUT2D eigenvalue weighted by atomic mass is 79.9. The zero-order valence-corrected chi connectivity index (χ0v) is 16.1. The van der Waals surface area contributed by atoms with Gasteiger partial charge in [-0.1, -0.05) is 19.9 Å². The Morgan fingerprint density at radius 3 is 2.57 bits per heavy atom. The van der Waals surface area contributed by atoms with Crippen LogP contribution >= 0.6 is 43.2 Å². The van der Waals surface area contributed by atoms with E-state index in [0.717, 1.165) is 34.3 Å². The average molecular weight is 433 g/mol. The number of ether oxygens (including phenoxy) is 1. The van der Waals surface area contributed by atoms with Crippen LogP contribution in [0.25, 0.3) is 0 Å². The summed E-state index contributed by atoms with van der Waals surface area (Å²) >= 11 is 9.01. The molecule has 0 aliphatic rings. The first-order chi connectivity index (χ1) is 10.2. The first-order valence-electron chi connectivity index (χ1n) is 7.05. The third kappa shape index (κ3) is 4.31. The van der Waals surface area contributed by atoms with Crippen LogP contribution in [0.5, 0.6) is 5.75 Å². The second kappa shape index (κ2) is 8.32. The van der Waals surface area contributed by atoms with Gasteiger partial charge in [0.1, 0.15) is 5.75 Å². The van der Waals surface area contributed by atoms with Crippen LogP contribution < -0.4 is 10.1 Å². The number of benzene rings is 1. The molecule has 1 aromatic heterocycles. The molecule has 0 saturated heterocycles. The predicted molar refractivity (Wildman–Crippen MR) is 97.5 cm³/mol. The summed E-state index contributed by atoms with van der Waals surface area (Å²) in [4.78, 5) is 1.30.